The van der Waals surface area contributed by atoms with E-state index in [9.17, 15) is 23.5 Å². The Morgan fingerprint density at radius 1 is 1.12 bits per heavy atom. The van der Waals surface area contributed by atoms with Gasteiger partial charge in [0.05, 0.1) is 19.4 Å². The molecule has 1 amide bonds. The monoisotopic (exact) mass is 363 g/mol. The van der Waals surface area contributed by atoms with E-state index in [4.69, 9.17) is 4.74 Å². The second kappa shape index (κ2) is 8.94. The Hall–Kier alpha value is -2.96. The van der Waals surface area contributed by atoms with Gasteiger partial charge in [-0.1, -0.05) is 24.3 Å². The molecule has 0 spiro atoms. The van der Waals surface area contributed by atoms with Gasteiger partial charge in [-0.2, -0.15) is 0 Å². The molecule has 0 saturated heterocycles. The predicted octanol–water partition coefficient (Wildman–Crippen LogP) is 2.58. The lowest BCUT2D eigenvalue weighted by Gasteiger charge is -2.15. The highest BCUT2D eigenvalue weighted by Gasteiger charge is 2.21. The van der Waals surface area contributed by atoms with Crippen molar-refractivity contribution in [1.29, 1.82) is 0 Å². The lowest BCUT2D eigenvalue weighted by atomic mass is 9.98. The van der Waals surface area contributed by atoms with E-state index in [1.807, 2.05) is 0 Å². The van der Waals surface area contributed by atoms with E-state index in [-0.39, 0.29) is 18.5 Å². The maximum Gasteiger partial charge on any atom is 0.308 e. The third-order valence-electron chi connectivity index (χ3n) is 3.95. The molecule has 0 saturated carbocycles. The minimum atomic E-state index is -1.09. The van der Waals surface area contributed by atoms with E-state index in [0.29, 0.717) is 11.3 Å². The van der Waals surface area contributed by atoms with E-state index in [1.165, 1.54) is 13.2 Å². The van der Waals surface area contributed by atoms with Gasteiger partial charge in [-0.05, 0) is 30.2 Å². The van der Waals surface area contributed by atoms with E-state index < -0.39 is 35.8 Å². The number of hydrogen-bond acceptors (Lipinski definition) is 3. The van der Waals surface area contributed by atoms with Crippen LogP contribution >= 0.6 is 0 Å². The molecule has 0 aliphatic rings. The predicted molar refractivity (Wildman–Crippen MR) is 90.9 cm³/mol. The standard InChI is InChI=1S/C19H19F2NO4/c1-26-17-8-3-2-5-12(17)9-13(19(24)25)11-22-18(23)10-14-15(20)6-4-7-16(14)21/h2-8,13H,9-11H2,1H3,(H,22,23)(H,24,25). The molecule has 0 aliphatic heterocycles. The molecule has 1 atom stereocenters. The molecule has 0 heterocycles. The highest BCUT2D eigenvalue weighted by Crippen LogP contribution is 2.21. The van der Waals surface area contributed by atoms with Crippen molar-refractivity contribution >= 4 is 11.9 Å². The molecule has 2 N–H and O–H groups in total. The van der Waals surface area contributed by atoms with Crippen molar-refractivity contribution < 1.29 is 28.2 Å². The van der Waals surface area contributed by atoms with Crippen molar-refractivity contribution in [3.05, 3.63) is 65.2 Å². The lowest BCUT2D eigenvalue weighted by molar-refractivity contribution is -0.141. The summed E-state index contributed by atoms with van der Waals surface area (Å²) in [6.07, 6.45) is -0.354. The summed E-state index contributed by atoms with van der Waals surface area (Å²) in [5.41, 5.74) is 0.346. The Bertz CT molecular complexity index is 775. The minimum absolute atomic E-state index is 0.147. The number of para-hydroxylation sites is 1. The Labute approximate surface area is 149 Å². The van der Waals surface area contributed by atoms with Crippen molar-refractivity contribution in [1.82, 2.24) is 5.32 Å². The Kier molecular flexibility index (Phi) is 6.66. The van der Waals surface area contributed by atoms with Gasteiger partial charge in [0.2, 0.25) is 5.91 Å². The normalized spacial score (nSPS) is 11.7. The van der Waals surface area contributed by atoms with Crippen LogP contribution in [0.15, 0.2) is 42.5 Å². The molecule has 1 unspecified atom stereocenters. The van der Waals surface area contributed by atoms with Crippen molar-refractivity contribution in [3.63, 3.8) is 0 Å². The van der Waals surface area contributed by atoms with Crippen LogP contribution in [0.2, 0.25) is 0 Å². The number of carbonyl (C=O) groups excluding carboxylic acids is 1. The first-order valence-corrected chi connectivity index (χ1v) is 7.96. The molecule has 7 heteroatoms. The van der Waals surface area contributed by atoms with Crippen LogP contribution in [0.1, 0.15) is 11.1 Å². The fraction of sp³-hybridized carbons (Fsp3) is 0.263. The topological polar surface area (TPSA) is 75.6 Å². The number of benzene rings is 2. The zero-order chi connectivity index (χ0) is 19.1. The number of carboxylic acids is 1. The van der Waals surface area contributed by atoms with E-state index >= 15 is 0 Å². The zero-order valence-electron chi connectivity index (χ0n) is 14.2. The van der Waals surface area contributed by atoms with Gasteiger partial charge in [-0.3, -0.25) is 9.59 Å². The fourth-order valence-electron chi connectivity index (χ4n) is 2.55. The summed E-state index contributed by atoms with van der Waals surface area (Å²) >= 11 is 0. The first kappa shape index (κ1) is 19.4. The first-order chi connectivity index (χ1) is 12.4. The highest BCUT2D eigenvalue weighted by atomic mass is 19.1. The second-order valence-electron chi connectivity index (χ2n) is 5.73. The van der Waals surface area contributed by atoms with E-state index in [0.717, 1.165) is 12.1 Å². The Balaban J connectivity index is 2.00. The largest absolute Gasteiger partial charge is 0.496 e. The maximum absolute atomic E-state index is 13.6. The minimum Gasteiger partial charge on any atom is -0.496 e. The van der Waals surface area contributed by atoms with Crippen LogP contribution < -0.4 is 10.1 Å². The number of carboxylic acid groups (broad SMARTS) is 1. The molecule has 0 radical (unpaired) electrons. The Morgan fingerprint density at radius 2 is 1.77 bits per heavy atom. The molecule has 5 nitrogen and oxygen atoms in total. The molecule has 26 heavy (non-hydrogen) atoms. The molecule has 2 rings (SSSR count). The van der Waals surface area contributed by atoms with Crippen LogP contribution in [0.25, 0.3) is 0 Å². The van der Waals surface area contributed by atoms with Crippen LogP contribution in [0.3, 0.4) is 0 Å². The number of carbonyl (C=O) groups is 2. The van der Waals surface area contributed by atoms with Crippen molar-refractivity contribution in [3.8, 4) is 5.75 Å². The van der Waals surface area contributed by atoms with Crippen molar-refractivity contribution in [2.75, 3.05) is 13.7 Å². The molecule has 2 aromatic rings. The molecule has 0 aliphatic carbocycles. The fourth-order valence-corrected chi connectivity index (χ4v) is 2.55. The molecule has 138 valence electrons. The summed E-state index contributed by atoms with van der Waals surface area (Å²) in [6, 6.07) is 10.3. The van der Waals surface area contributed by atoms with Gasteiger partial charge in [0, 0.05) is 12.1 Å². The summed E-state index contributed by atoms with van der Waals surface area (Å²) in [6.45, 7) is -0.164. The summed E-state index contributed by atoms with van der Waals surface area (Å²) in [4.78, 5) is 23.4. The van der Waals surface area contributed by atoms with Gasteiger partial charge < -0.3 is 15.2 Å². The number of aliphatic carboxylic acids is 1. The number of methoxy groups -OCH3 is 1. The van der Waals surface area contributed by atoms with E-state index in [2.05, 4.69) is 5.32 Å². The molecule has 2 aromatic carbocycles. The van der Waals surface area contributed by atoms with Gasteiger partial charge in [-0.25, -0.2) is 8.78 Å². The molecular weight excluding hydrogens is 344 g/mol. The molecule has 0 bridgehead atoms. The summed E-state index contributed by atoms with van der Waals surface area (Å²) in [7, 11) is 1.49. The van der Waals surface area contributed by atoms with Crippen molar-refractivity contribution in [2.24, 2.45) is 5.92 Å². The first-order valence-electron chi connectivity index (χ1n) is 7.96. The van der Waals surface area contributed by atoms with Crippen LogP contribution in [-0.2, 0) is 22.4 Å². The number of halogens is 2. The van der Waals surface area contributed by atoms with Crippen molar-refractivity contribution in [2.45, 2.75) is 12.8 Å². The second-order valence-corrected chi connectivity index (χ2v) is 5.73. The van der Waals surface area contributed by atoms with Gasteiger partial charge in [0.1, 0.15) is 17.4 Å². The molecular formula is C19H19F2NO4. The van der Waals surface area contributed by atoms with Crippen LogP contribution in [0, 0.1) is 17.6 Å². The van der Waals surface area contributed by atoms with Gasteiger partial charge in [0.25, 0.3) is 0 Å². The summed E-state index contributed by atoms with van der Waals surface area (Å²) < 4.78 is 32.4. The third-order valence-corrected chi connectivity index (χ3v) is 3.95. The smallest absolute Gasteiger partial charge is 0.308 e. The van der Waals surface area contributed by atoms with E-state index in [1.54, 1.807) is 24.3 Å². The van der Waals surface area contributed by atoms with Crippen LogP contribution in [0.5, 0.6) is 5.75 Å². The quantitative estimate of drug-likeness (QED) is 0.756. The average Bonchev–Trinajstić information content (AvgIpc) is 2.62. The van der Waals surface area contributed by atoms with Gasteiger partial charge in [-0.15, -0.1) is 0 Å². The molecule has 0 fully saturated rings. The van der Waals surface area contributed by atoms with Crippen LogP contribution in [-0.4, -0.2) is 30.6 Å². The van der Waals surface area contributed by atoms with Gasteiger partial charge >= 0.3 is 5.97 Å². The SMILES string of the molecule is COc1ccccc1CC(CNC(=O)Cc1c(F)cccc1F)C(=O)O. The number of nitrogens with one attached hydrogen (secondary N) is 1. The van der Waals surface area contributed by atoms with Gasteiger partial charge in [0.15, 0.2) is 0 Å². The number of amides is 1. The number of hydrogen-bond donors (Lipinski definition) is 2. The average molecular weight is 363 g/mol. The highest BCUT2D eigenvalue weighted by molar-refractivity contribution is 5.79. The zero-order valence-corrected chi connectivity index (χ0v) is 14.2. The number of ether oxygens (including phenoxy) is 1. The molecule has 0 aromatic heterocycles. The maximum atomic E-state index is 13.6. The van der Waals surface area contributed by atoms with Crippen LogP contribution in [0.4, 0.5) is 8.78 Å². The number of rotatable bonds is 8. The third kappa shape index (κ3) is 5.02. The summed E-state index contributed by atoms with van der Waals surface area (Å²) in [5.74, 6) is -3.72. The lowest BCUT2D eigenvalue weighted by Crippen LogP contribution is -2.35. The Morgan fingerprint density at radius 3 is 2.38 bits per heavy atom. The summed E-state index contributed by atoms with van der Waals surface area (Å²) in [5, 5.41) is 11.8.